The average molecular weight is 218 g/mol. The summed E-state index contributed by atoms with van der Waals surface area (Å²) in [5.74, 6) is 1.61. The van der Waals surface area contributed by atoms with Gasteiger partial charge in [0.25, 0.3) is 0 Å². The molecule has 0 aromatic carbocycles. The lowest BCUT2D eigenvalue weighted by Gasteiger charge is -2.06. The van der Waals surface area contributed by atoms with Crippen molar-refractivity contribution in [2.75, 3.05) is 19.0 Å². The number of hydrogen-bond donors (Lipinski definition) is 1. The second-order valence-corrected chi connectivity index (χ2v) is 3.31. The van der Waals surface area contributed by atoms with Crippen LogP contribution in [0.2, 0.25) is 0 Å². The molecule has 2 rings (SSSR count). The average Bonchev–Trinajstić information content (AvgIpc) is 2.83. The minimum Gasteiger partial charge on any atom is -0.495 e. The van der Waals surface area contributed by atoms with Crippen molar-refractivity contribution in [3.63, 3.8) is 0 Å². The monoisotopic (exact) mass is 218 g/mol. The first-order valence-corrected chi connectivity index (χ1v) is 5.08. The molecule has 0 aliphatic heterocycles. The predicted molar refractivity (Wildman–Crippen MR) is 61.5 cm³/mol. The van der Waals surface area contributed by atoms with Gasteiger partial charge in [0.2, 0.25) is 0 Å². The first kappa shape index (κ1) is 10.5. The van der Waals surface area contributed by atoms with Crippen LogP contribution in [0.4, 0.5) is 5.82 Å². The van der Waals surface area contributed by atoms with E-state index in [0.29, 0.717) is 0 Å². The van der Waals surface area contributed by atoms with Crippen molar-refractivity contribution in [3.8, 4) is 5.75 Å². The second-order valence-electron chi connectivity index (χ2n) is 3.31. The number of rotatable bonds is 5. The third-order valence-electron chi connectivity index (χ3n) is 2.21. The van der Waals surface area contributed by atoms with Gasteiger partial charge in [-0.05, 0) is 12.1 Å². The highest BCUT2D eigenvalue weighted by Gasteiger charge is 1.95. The SMILES string of the molecule is COc1ccc(NCCn2ccnc2)nc1. The summed E-state index contributed by atoms with van der Waals surface area (Å²) in [7, 11) is 1.63. The van der Waals surface area contributed by atoms with Gasteiger partial charge in [-0.1, -0.05) is 0 Å². The first-order chi connectivity index (χ1) is 7.88. The highest BCUT2D eigenvalue weighted by atomic mass is 16.5. The van der Waals surface area contributed by atoms with Crippen molar-refractivity contribution in [2.24, 2.45) is 0 Å². The molecule has 0 unspecified atom stereocenters. The molecule has 0 atom stereocenters. The Bertz CT molecular complexity index is 410. The molecule has 84 valence electrons. The molecule has 16 heavy (non-hydrogen) atoms. The van der Waals surface area contributed by atoms with Crippen LogP contribution in [0.15, 0.2) is 37.1 Å². The lowest BCUT2D eigenvalue weighted by molar-refractivity contribution is 0.413. The first-order valence-electron chi connectivity index (χ1n) is 5.08. The molecular formula is C11H14N4O. The lowest BCUT2D eigenvalue weighted by atomic mass is 10.4. The van der Waals surface area contributed by atoms with Crippen LogP contribution in [0.25, 0.3) is 0 Å². The van der Waals surface area contributed by atoms with Crippen molar-refractivity contribution < 1.29 is 4.74 Å². The summed E-state index contributed by atoms with van der Waals surface area (Å²) in [5, 5.41) is 3.22. The van der Waals surface area contributed by atoms with Gasteiger partial charge in [0.1, 0.15) is 11.6 Å². The zero-order valence-electron chi connectivity index (χ0n) is 9.13. The van der Waals surface area contributed by atoms with E-state index in [1.54, 1.807) is 25.8 Å². The van der Waals surface area contributed by atoms with Gasteiger partial charge in [0, 0.05) is 25.5 Å². The molecule has 5 heteroatoms. The zero-order valence-corrected chi connectivity index (χ0v) is 9.13. The van der Waals surface area contributed by atoms with Gasteiger partial charge >= 0.3 is 0 Å². The van der Waals surface area contributed by atoms with Crippen molar-refractivity contribution in [1.82, 2.24) is 14.5 Å². The van der Waals surface area contributed by atoms with Gasteiger partial charge in [-0.15, -0.1) is 0 Å². The fourth-order valence-corrected chi connectivity index (χ4v) is 1.34. The van der Waals surface area contributed by atoms with Crippen molar-refractivity contribution in [3.05, 3.63) is 37.1 Å². The number of nitrogens with one attached hydrogen (secondary N) is 1. The fraction of sp³-hybridized carbons (Fsp3) is 0.273. The Morgan fingerprint density at radius 2 is 2.38 bits per heavy atom. The number of pyridine rings is 1. The van der Waals surface area contributed by atoms with Gasteiger partial charge < -0.3 is 14.6 Å². The van der Waals surface area contributed by atoms with Crippen molar-refractivity contribution in [1.29, 1.82) is 0 Å². The van der Waals surface area contributed by atoms with Crippen LogP contribution in [-0.2, 0) is 6.54 Å². The van der Waals surface area contributed by atoms with E-state index in [0.717, 1.165) is 24.7 Å². The number of ether oxygens (including phenoxy) is 1. The van der Waals surface area contributed by atoms with Crippen LogP contribution in [0, 0.1) is 0 Å². The van der Waals surface area contributed by atoms with E-state index in [2.05, 4.69) is 15.3 Å². The molecule has 0 saturated carbocycles. The summed E-state index contributed by atoms with van der Waals surface area (Å²) in [4.78, 5) is 8.18. The third-order valence-corrected chi connectivity index (χ3v) is 2.21. The van der Waals surface area contributed by atoms with E-state index in [1.165, 1.54) is 0 Å². The lowest BCUT2D eigenvalue weighted by Crippen LogP contribution is -2.09. The Labute approximate surface area is 94.1 Å². The fourth-order valence-electron chi connectivity index (χ4n) is 1.34. The molecule has 0 aliphatic rings. The van der Waals surface area contributed by atoms with E-state index >= 15 is 0 Å². The van der Waals surface area contributed by atoms with Crippen LogP contribution in [-0.4, -0.2) is 28.2 Å². The van der Waals surface area contributed by atoms with Gasteiger partial charge in [-0.3, -0.25) is 0 Å². The molecule has 2 heterocycles. The van der Waals surface area contributed by atoms with Crippen LogP contribution >= 0.6 is 0 Å². The Hall–Kier alpha value is -2.04. The van der Waals surface area contributed by atoms with Crippen LogP contribution in [0.5, 0.6) is 5.75 Å². The minimum absolute atomic E-state index is 0.764. The summed E-state index contributed by atoms with van der Waals surface area (Å²) in [5.41, 5.74) is 0. The maximum Gasteiger partial charge on any atom is 0.137 e. The Morgan fingerprint density at radius 3 is 3.00 bits per heavy atom. The molecule has 0 amide bonds. The standard InChI is InChI=1S/C11H14N4O/c1-16-10-2-3-11(14-8-10)13-5-7-15-6-4-12-9-15/h2-4,6,8-9H,5,7H2,1H3,(H,13,14). The smallest absolute Gasteiger partial charge is 0.137 e. The minimum atomic E-state index is 0.764. The van der Waals surface area contributed by atoms with E-state index < -0.39 is 0 Å². The molecule has 0 saturated heterocycles. The second kappa shape index (κ2) is 5.16. The number of hydrogen-bond acceptors (Lipinski definition) is 4. The van der Waals surface area contributed by atoms with Crippen LogP contribution in [0.1, 0.15) is 0 Å². The maximum absolute atomic E-state index is 5.03. The number of nitrogens with zero attached hydrogens (tertiary/aromatic N) is 3. The van der Waals surface area contributed by atoms with E-state index in [1.807, 2.05) is 22.9 Å². The molecule has 0 fully saturated rings. The molecule has 2 aromatic heterocycles. The van der Waals surface area contributed by atoms with E-state index in [-0.39, 0.29) is 0 Å². The number of aromatic nitrogens is 3. The molecule has 0 bridgehead atoms. The summed E-state index contributed by atoms with van der Waals surface area (Å²) >= 11 is 0. The molecular weight excluding hydrogens is 204 g/mol. The molecule has 1 N–H and O–H groups in total. The molecule has 5 nitrogen and oxygen atoms in total. The predicted octanol–water partition coefficient (Wildman–Crippen LogP) is 1.40. The zero-order chi connectivity index (χ0) is 11.2. The number of methoxy groups -OCH3 is 1. The van der Waals surface area contributed by atoms with Gasteiger partial charge in [-0.2, -0.15) is 0 Å². The third kappa shape index (κ3) is 2.73. The molecule has 2 aromatic rings. The van der Waals surface area contributed by atoms with Crippen LogP contribution < -0.4 is 10.1 Å². The summed E-state index contributed by atoms with van der Waals surface area (Å²) < 4.78 is 7.04. The molecule has 0 spiro atoms. The van der Waals surface area contributed by atoms with E-state index in [9.17, 15) is 0 Å². The van der Waals surface area contributed by atoms with Crippen molar-refractivity contribution in [2.45, 2.75) is 6.54 Å². The Morgan fingerprint density at radius 1 is 1.44 bits per heavy atom. The van der Waals surface area contributed by atoms with E-state index in [4.69, 9.17) is 4.74 Å². The summed E-state index contributed by atoms with van der Waals surface area (Å²) in [6.07, 6.45) is 7.19. The highest BCUT2D eigenvalue weighted by molar-refractivity contribution is 5.37. The quantitative estimate of drug-likeness (QED) is 0.824. The van der Waals surface area contributed by atoms with Gasteiger partial charge in [0.05, 0.1) is 19.6 Å². The van der Waals surface area contributed by atoms with Gasteiger partial charge in [-0.25, -0.2) is 9.97 Å². The van der Waals surface area contributed by atoms with Gasteiger partial charge in [0.15, 0.2) is 0 Å². The summed E-state index contributed by atoms with van der Waals surface area (Å²) in [6, 6.07) is 3.78. The normalized spacial score (nSPS) is 10.1. The number of anilines is 1. The highest BCUT2D eigenvalue weighted by Crippen LogP contribution is 2.10. The maximum atomic E-state index is 5.03. The van der Waals surface area contributed by atoms with Crippen LogP contribution in [0.3, 0.4) is 0 Å². The number of imidazole rings is 1. The summed E-state index contributed by atoms with van der Waals surface area (Å²) in [6.45, 7) is 1.68. The Balaban J connectivity index is 1.81. The Kier molecular flexibility index (Phi) is 3.38. The topological polar surface area (TPSA) is 52.0 Å². The largest absolute Gasteiger partial charge is 0.495 e. The van der Waals surface area contributed by atoms with Crippen molar-refractivity contribution >= 4 is 5.82 Å². The molecule has 0 aliphatic carbocycles. The molecule has 0 radical (unpaired) electrons.